The molecule has 0 radical (unpaired) electrons. The quantitative estimate of drug-likeness (QED) is 0.798. The Morgan fingerprint density at radius 3 is 2.50 bits per heavy atom. The zero-order valence-electron chi connectivity index (χ0n) is 10.9. The van der Waals surface area contributed by atoms with E-state index in [1.54, 1.807) is 0 Å². The van der Waals surface area contributed by atoms with E-state index in [-0.39, 0.29) is 12.0 Å². The molecule has 0 aliphatic heterocycles. The lowest BCUT2D eigenvalue weighted by Crippen LogP contribution is -2.43. The zero-order chi connectivity index (χ0) is 12.1. The van der Waals surface area contributed by atoms with Crippen LogP contribution in [-0.2, 0) is 4.79 Å². The maximum atomic E-state index is 12.3. The van der Waals surface area contributed by atoms with Crippen molar-refractivity contribution in [1.82, 2.24) is 4.90 Å². The molecular formula is C13H26N2O. The first kappa shape index (κ1) is 13.5. The molecule has 16 heavy (non-hydrogen) atoms. The largest absolute Gasteiger partial charge is 0.343 e. The number of carbonyl (C=O) groups excluding carboxylic acids is 1. The van der Waals surface area contributed by atoms with Gasteiger partial charge in [-0.25, -0.2) is 0 Å². The molecule has 2 atom stereocenters. The highest BCUT2D eigenvalue weighted by atomic mass is 16.2. The van der Waals surface area contributed by atoms with E-state index < -0.39 is 0 Å². The molecule has 1 amide bonds. The second-order valence-electron chi connectivity index (χ2n) is 5.04. The van der Waals surface area contributed by atoms with Crippen LogP contribution >= 0.6 is 0 Å². The first-order valence-electron chi connectivity index (χ1n) is 6.62. The topological polar surface area (TPSA) is 46.3 Å². The Labute approximate surface area is 99.4 Å². The first-order chi connectivity index (χ1) is 7.60. The van der Waals surface area contributed by atoms with Crippen molar-refractivity contribution in [3.05, 3.63) is 0 Å². The minimum Gasteiger partial charge on any atom is -0.343 e. The molecular weight excluding hydrogens is 200 g/mol. The summed E-state index contributed by atoms with van der Waals surface area (Å²) in [6.45, 7) is 4.29. The third-order valence-electron chi connectivity index (χ3n) is 3.90. The third kappa shape index (κ3) is 3.21. The summed E-state index contributed by atoms with van der Waals surface area (Å²) in [5.74, 6) is 0.484. The average molecular weight is 226 g/mol. The highest BCUT2D eigenvalue weighted by Gasteiger charge is 2.29. The molecule has 0 aromatic carbocycles. The molecule has 0 spiro atoms. The van der Waals surface area contributed by atoms with Crippen molar-refractivity contribution in [2.75, 3.05) is 7.05 Å². The highest BCUT2D eigenvalue weighted by Crippen LogP contribution is 2.25. The van der Waals surface area contributed by atoms with E-state index >= 15 is 0 Å². The number of rotatable bonds is 4. The summed E-state index contributed by atoms with van der Waals surface area (Å²) < 4.78 is 0. The van der Waals surface area contributed by atoms with Crippen LogP contribution in [0, 0.1) is 5.92 Å². The molecule has 0 aromatic heterocycles. The number of nitrogens with two attached hydrogens (primary N) is 1. The average Bonchev–Trinajstić information content (AvgIpc) is 2.29. The number of nitrogens with zero attached hydrogens (tertiary/aromatic N) is 1. The van der Waals surface area contributed by atoms with Gasteiger partial charge in [-0.1, -0.05) is 20.3 Å². The molecule has 1 aliphatic carbocycles. The van der Waals surface area contributed by atoms with Crippen LogP contribution in [0.5, 0.6) is 0 Å². The van der Waals surface area contributed by atoms with Crippen LogP contribution in [0.1, 0.15) is 52.4 Å². The van der Waals surface area contributed by atoms with Gasteiger partial charge in [0.1, 0.15) is 0 Å². The van der Waals surface area contributed by atoms with E-state index in [1.165, 1.54) is 0 Å². The Bertz CT molecular complexity index is 222. The van der Waals surface area contributed by atoms with Crippen LogP contribution in [0.2, 0.25) is 0 Å². The fraction of sp³-hybridized carbons (Fsp3) is 0.923. The number of carbonyl (C=O) groups is 1. The summed E-state index contributed by atoms with van der Waals surface area (Å²) in [6, 6.07) is 0.628. The van der Waals surface area contributed by atoms with E-state index in [4.69, 9.17) is 5.73 Å². The van der Waals surface area contributed by atoms with Gasteiger partial charge >= 0.3 is 0 Å². The summed E-state index contributed by atoms with van der Waals surface area (Å²) in [7, 11) is 1.94. The van der Waals surface area contributed by atoms with Crippen LogP contribution in [0.3, 0.4) is 0 Å². The van der Waals surface area contributed by atoms with Crippen molar-refractivity contribution in [2.45, 2.75) is 64.5 Å². The van der Waals surface area contributed by atoms with Gasteiger partial charge in [-0.05, 0) is 32.1 Å². The summed E-state index contributed by atoms with van der Waals surface area (Å²) in [6.07, 6.45) is 6.17. The molecule has 94 valence electrons. The molecule has 0 aromatic rings. The van der Waals surface area contributed by atoms with Crippen molar-refractivity contribution >= 4 is 5.91 Å². The smallest absolute Gasteiger partial charge is 0.225 e. The van der Waals surface area contributed by atoms with Crippen LogP contribution in [0.25, 0.3) is 0 Å². The second-order valence-corrected chi connectivity index (χ2v) is 5.04. The molecule has 1 aliphatic rings. The fourth-order valence-corrected chi connectivity index (χ4v) is 2.76. The predicted octanol–water partition coefficient (Wildman–Crippen LogP) is 2.15. The molecule has 3 heteroatoms. The lowest BCUT2D eigenvalue weighted by Gasteiger charge is -2.33. The SMILES string of the molecule is CCC(CC)N(C)C(=O)C1CCCC(N)C1. The molecule has 1 fully saturated rings. The van der Waals surface area contributed by atoms with Crippen LogP contribution in [0.4, 0.5) is 0 Å². The Kier molecular flexibility index (Phi) is 5.26. The van der Waals surface area contributed by atoms with E-state index in [9.17, 15) is 4.79 Å². The van der Waals surface area contributed by atoms with Gasteiger partial charge in [-0.15, -0.1) is 0 Å². The Morgan fingerprint density at radius 1 is 1.38 bits per heavy atom. The van der Waals surface area contributed by atoms with Crippen LogP contribution in [0.15, 0.2) is 0 Å². The summed E-state index contributed by atoms with van der Waals surface area (Å²) >= 11 is 0. The van der Waals surface area contributed by atoms with Crippen molar-refractivity contribution in [3.63, 3.8) is 0 Å². The summed E-state index contributed by atoms with van der Waals surface area (Å²) in [5.41, 5.74) is 5.93. The Morgan fingerprint density at radius 2 is 2.00 bits per heavy atom. The second kappa shape index (κ2) is 6.24. The standard InChI is InChI=1S/C13H26N2O/c1-4-12(5-2)15(3)13(16)10-7-6-8-11(14)9-10/h10-12H,4-9,14H2,1-3H3. The molecule has 1 rings (SSSR count). The highest BCUT2D eigenvalue weighted by molar-refractivity contribution is 5.79. The van der Waals surface area contributed by atoms with Crippen molar-refractivity contribution in [1.29, 1.82) is 0 Å². The van der Waals surface area contributed by atoms with Gasteiger partial charge in [0.25, 0.3) is 0 Å². The minimum atomic E-state index is 0.175. The van der Waals surface area contributed by atoms with Gasteiger partial charge in [-0.3, -0.25) is 4.79 Å². The normalized spacial score (nSPS) is 25.8. The van der Waals surface area contributed by atoms with Gasteiger partial charge in [-0.2, -0.15) is 0 Å². The van der Waals surface area contributed by atoms with Crippen LogP contribution in [-0.4, -0.2) is 29.9 Å². The van der Waals surface area contributed by atoms with E-state index in [0.29, 0.717) is 11.9 Å². The molecule has 2 unspecified atom stereocenters. The van der Waals surface area contributed by atoms with Crippen LogP contribution < -0.4 is 5.73 Å². The fourth-order valence-electron chi connectivity index (χ4n) is 2.76. The maximum Gasteiger partial charge on any atom is 0.225 e. The van der Waals surface area contributed by atoms with Crippen molar-refractivity contribution < 1.29 is 4.79 Å². The van der Waals surface area contributed by atoms with Gasteiger partial charge in [0.15, 0.2) is 0 Å². The predicted molar refractivity (Wildman–Crippen MR) is 67.1 cm³/mol. The monoisotopic (exact) mass is 226 g/mol. The van der Waals surface area contributed by atoms with Gasteiger partial charge < -0.3 is 10.6 Å². The Balaban J connectivity index is 2.55. The Hall–Kier alpha value is -0.570. The number of hydrogen-bond donors (Lipinski definition) is 1. The summed E-state index contributed by atoms with van der Waals surface area (Å²) in [4.78, 5) is 14.2. The van der Waals surface area contributed by atoms with Gasteiger partial charge in [0, 0.05) is 25.0 Å². The molecule has 0 bridgehead atoms. The lowest BCUT2D eigenvalue weighted by atomic mass is 9.85. The third-order valence-corrected chi connectivity index (χ3v) is 3.90. The van der Waals surface area contributed by atoms with Gasteiger partial charge in [0.2, 0.25) is 5.91 Å². The molecule has 3 nitrogen and oxygen atoms in total. The van der Waals surface area contributed by atoms with E-state index in [1.807, 2.05) is 11.9 Å². The lowest BCUT2D eigenvalue weighted by molar-refractivity contribution is -0.137. The first-order valence-corrected chi connectivity index (χ1v) is 6.62. The number of hydrogen-bond acceptors (Lipinski definition) is 2. The molecule has 2 N–H and O–H groups in total. The maximum absolute atomic E-state index is 12.3. The summed E-state index contributed by atoms with van der Waals surface area (Å²) in [5, 5.41) is 0. The zero-order valence-corrected chi connectivity index (χ0v) is 10.9. The van der Waals surface area contributed by atoms with E-state index in [2.05, 4.69) is 13.8 Å². The van der Waals surface area contributed by atoms with Crippen molar-refractivity contribution in [2.24, 2.45) is 11.7 Å². The van der Waals surface area contributed by atoms with E-state index in [0.717, 1.165) is 38.5 Å². The number of amides is 1. The molecule has 1 saturated carbocycles. The minimum absolute atomic E-state index is 0.175. The van der Waals surface area contributed by atoms with Gasteiger partial charge in [0.05, 0.1) is 0 Å². The molecule has 0 heterocycles. The van der Waals surface area contributed by atoms with Crippen molar-refractivity contribution in [3.8, 4) is 0 Å². The molecule has 0 saturated heterocycles.